The summed E-state index contributed by atoms with van der Waals surface area (Å²) in [6.07, 6.45) is 4.82. The van der Waals surface area contributed by atoms with E-state index in [4.69, 9.17) is 14.2 Å². The molecule has 1 saturated carbocycles. The van der Waals surface area contributed by atoms with Gasteiger partial charge in [-0.25, -0.2) is 0 Å². The molecule has 4 aromatic carbocycles. The van der Waals surface area contributed by atoms with E-state index in [1.165, 1.54) is 34.9 Å². The van der Waals surface area contributed by atoms with Crippen LogP contribution in [0.25, 0.3) is 22.0 Å². The van der Waals surface area contributed by atoms with Crippen LogP contribution in [-0.4, -0.2) is 31.4 Å². The molecule has 0 aliphatic heterocycles. The summed E-state index contributed by atoms with van der Waals surface area (Å²) < 4.78 is 24.1. The van der Waals surface area contributed by atoms with Gasteiger partial charge in [-0.05, 0) is 84.8 Å². The van der Waals surface area contributed by atoms with E-state index in [1.807, 2.05) is 30.3 Å². The van der Waals surface area contributed by atoms with Crippen LogP contribution in [0.4, 0.5) is 0 Å². The maximum absolute atomic E-state index is 9.18. The van der Waals surface area contributed by atoms with Crippen LogP contribution in [0.5, 0.6) is 17.2 Å². The second-order valence-corrected chi connectivity index (χ2v) is 10.3. The van der Waals surface area contributed by atoms with Crippen molar-refractivity contribution in [3.8, 4) is 28.4 Å². The molecular formula is C36H37NO5. The molecule has 0 N–H and O–H groups in total. The number of nitrogens with zero attached hydrogens (tertiary/aromatic N) is 1. The third-order valence-corrected chi connectivity index (χ3v) is 7.17. The molecule has 6 heteroatoms. The predicted molar refractivity (Wildman–Crippen MR) is 166 cm³/mol. The third kappa shape index (κ3) is 7.72. The number of aromatic nitrogens is 1. The normalized spacial score (nSPS) is 12.2. The van der Waals surface area contributed by atoms with E-state index >= 15 is 0 Å². The fourth-order valence-electron chi connectivity index (χ4n) is 4.73. The Bertz CT molecular complexity index is 1570. The zero-order valence-corrected chi connectivity index (χ0v) is 24.2. The number of rotatable bonds is 12. The molecule has 0 spiro atoms. The quantitative estimate of drug-likeness (QED) is 0.144. The van der Waals surface area contributed by atoms with Gasteiger partial charge in [0, 0.05) is 29.2 Å². The SMILES string of the molecule is CCOC=O.COc1cccc(Cn2cc(-c3ccc(OCC4CC4)cc3)c3cc(OCc4ccccc4)ccc32)c1. The lowest BCUT2D eigenvalue weighted by molar-refractivity contribution is -0.128. The Hall–Kier alpha value is -4.71. The van der Waals surface area contributed by atoms with E-state index in [9.17, 15) is 4.79 Å². The Morgan fingerprint density at radius 3 is 2.26 bits per heavy atom. The van der Waals surface area contributed by atoms with Crippen LogP contribution in [-0.2, 0) is 22.7 Å². The number of carbonyl (C=O) groups is 1. The first-order valence-electron chi connectivity index (χ1n) is 14.4. The third-order valence-electron chi connectivity index (χ3n) is 7.17. The van der Waals surface area contributed by atoms with E-state index in [-0.39, 0.29) is 0 Å². The zero-order valence-electron chi connectivity index (χ0n) is 24.2. The van der Waals surface area contributed by atoms with Crippen LogP contribution in [0.2, 0.25) is 0 Å². The van der Waals surface area contributed by atoms with Gasteiger partial charge in [0.1, 0.15) is 23.9 Å². The van der Waals surface area contributed by atoms with Crippen LogP contribution in [0.3, 0.4) is 0 Å². The van der Waals surface area contributed by atoms with Gasteiger partial charge in [0.15, 0.2) is 0 Å². The summed E-state index contributed by atoms with van der Waals surface area (Å²) in [6, 6.07) is 33.4. The molecule has 0 saturated heterocycles. The summed E-state index contributed by atoms with van der Waals surface area (Å²) in [7, 11) is 1.71. The predicted octanol–water partition coefficient (Wildman–Crippen LogP) is 7.91. The minimum Gasteiger partial charge on any atom is -0.497 e. The molecule has 0 unspecified atom stereocenters. The molecule has 216 valence electrons. The van der Waals surface area contributed by atoms with E-state index in [0.717, 1.165) is 47.4 Å². The average Bonchev–Trinajstić information content (AvgIpc) is 3.81. The van der Waals surface area contributed by atoms with Gasteiger partial charge in [-0.1, -0.05) is 54.6 Å². The topological polar surface area (TPSA) is 58.9 Å². The van der Waals surface area contributed by atoms with Gasteiger partial charge < -0.3 is 23.5 Å². The van der Waals surface area contributed by atoms with Crippen molar-refractivity contribution < 1.29 is 23.7 Å². The van der Waals surface area contributed by atoms with Crippen molar-refractivity contribution in [3.63, 3.8) is 0 Å². The van der Waals surface area contributed by atoms with E-state index in [0.29, 0.717) is 19.7 Å². The lowest BCUT2D eigenvalue weighted by Gasteiger charge is -2.09. The lowest BCUT2D eigenvalue weighted by Crippen LogP contribution is -1.99. The summed E-state index contributed by atoms with van der Waals surface area (Å²) in [5.41, 5.74) is 5.85. The van der Waals surface area contributed by atoms with E-state index < -0.39 is 0 Å². The second-order valence-electron chi connectivity index (χ2n) is 10.3. The maximum atomic E-state index is 9.18. The smallest absolute Gasteiger partial charge is 0.293 e. The Labute approximate surface area is 247 Å². The highest BCUT2D eigenvalue weighted by Gasteiger charge is 2.22. The second kappa shape index (κ2) is 14.3. The summed E-state index contributed by atoms with van der Waals surface area (Å²) in [5.74, 6) is 3.40. The molecule has 6 rings (SSSR count). The monoisotopic (exact) mass is 563 g/mol. The lowest BCUT2D eigenvalue weighted by atomic mass is 10.0. The fourth-order valence-corrected chi connectivity index (χ4v) is 4.73. The molecule has 0 radical (unpaired) electrons. The summed E-state index contributed by atoms with van der Waals surface area (Å²) in [6.45, 7) is 4.78. The van der Waals surface area contributed by atoms with Gasteiger partial charge in [0.25, 0.3) is 6.47 Å². The van der Waals surface area contributed by atoms with Crippen molar-refractivity contribution in [2.24, 2.45) is 5.92 Å². The Kier molecular flexibility index (Phi) is 9.78. The molecular weight excluding hydrogens is 526 g/mol. The Morgan fingerprint density at radius 1 is 0.810 bits per heavy atom. The van der Waals surface area contributed by atoms with Crippen molar-refractivity contribution in [2.45, 2.75) is 32.9 Å². The molecule has 0 bridgehead atoms. The van der Waals surface area contributed by atoms with Crippen molar-refractivity contribution >= 4 is 17.4 Å². The number of fused-ring (bicyclic) bond motifs is 1. The van der Waals surface area contributed by atoms with Crippen LogP contribution in [0, 0.1) is 5.92 Å². The van der Waals surface area contributed by atoms with Gasteiger partial charge in [-0.15, -0.1) is 0 Å². The van der Waals surface area contributed by atoms with Gasteiger partial charge in [-0.2, -0.15) is 0 Å². The molecule has 1 aliphatic rings. The summed E-state index contributed by atoms with van der Waals surface area (Å²) >= 11 is 0. The van der Waals surface area contributed by atoms with Crippen molar-refractivity contribution in [1.29, 1.82) is 0 Å². The highest BCUT2D eigenvalue weighted by molar-refractivity contribution is 5.97. The Balaban J connectivity index is 0.000000652. The molecule has 1 heterocycles. The molecule has 0 atom stereocenters. The average molecular weight is 564 g/mol. The van der Waals surface area contributed by atoms with Crippen LogP contribution in [0.15, 0.2) is 103 Å². The largest absolute Gasteiger partial charge is 0.497 e. The van der Waals surface area contributed by atoms with E-state index in [1.54, 1.807) is 14.0 Å². The van der Waals surface area contributed by atoms with Gasteiger partial charge in [0.05, 0.1) is 20.3 Å². The molecule has 0 amide bonds. The van der Waals surface area contributed by atoms with E-state index in [2.05, 4.69) is 82.2 Å². The highest BCUT2D eigenvalue weighted by atomic mass is 16.5. The molecule has 5 aromatic rings. The van der Waals surface area contributed by atoms with Crippen molar-refractivity contribution in [1.82, 2.24) is 4.57 Å². The first kappa shape index (κ1) is 28.8. The minimum atomic E-state index is 0.431. The van der Waals surface area contributed by atoms with Crippen molar-refractivity contribution in [2.75, 3.05) is 20.3 Å². The van der Waals surface area contributed by atoms with Crippen LogP contribution < -0.4 is 14.2 Å². The maximum Gasteiger partial charge on any atom is 0.293 e. The van der Waals surface area contributed by atoms with Gasteiger partial charge in [-0.3, -0.25) is 4.79 Å². The number of methoxy groups -OCH3 is 1. The first-order chi connectivity index (χ1) is 20.7. The highest BCUT2D eigenvalue weighted by Crippen LogP contribution is 2.35. The van der Waals surface area contributed by atoms with Crippen LogP contribution in [0.1, 0.15) is 30.9 Å². The molecule has 1 aliphatic carbocycles. The minimum absolute atomic E-state index is 0.431. The zero-order chi connectivity index (χ0) is 29.1. The summed E-state index contributed by atoms with van der Waals surface area (Å²) in [5, 5.41) is 1.17. The fraction of sp³-hybridized carbons (Fsp3) is 0.250. The van der Waals surface area contributed by atoms with Crippen molar-refractivity contribution in [3.05, 3.63) is 114 Å². The number of hydrogen-bond donors (Lipinski definition) is 0. The van der Waals surface area contributed by atoms with Gasteiger partial charge in [0.2, 0.25) is 0 Å². The van der Waals surface area contributed by atoms with Crippen LogP contribution >= 0.6 is 0 Å². The molecule has 1 aromatic heterocycles. The number of carbonyl (C=O) groups excluding carboxylic acids is 1. The number of hydrogen-bond acceptors (Lipinski definition) is 5. The Morgan fingerprint density at radius 2 is 1.57 bits per heavy atom. The first-order valence-corrected chi connectivity index (χ1v) is 14.4. The molecule has 6 nitrogen and oxygen atoms in total. The van der Waals surface area contributed by atoms with Gasteiger partial charge >= 0.3 is 0 Å². The molecule has 1 fully saturated rings. The summed E-state index contributed by atoms with van der Waals surface area (Å²) in [4.78, 5) is 9.18. The number of ether oxygens (including phenoxy) is 4. The standard InChI is InChI=1S/C33H31NO3.C3H6O2/c1-35-29-9-5-8-26(18-29)20-34-21-32(27-12-14-28(15-13-27)36-23-25-10-11-25)31-19-30(16-17-33(31)34)37-22-24-6-3-2-4-7-24;1-2-5-3-4/h2-9,12-19,21,25H,10-11,20,22-23H2,1H3;3H,2H2,1H3. The molecule has 42 heavy (non-hydrogen) atoms. The number of benzene rings is 4.